The Labute approximate surface area is 107 Å². The second-order valence-electron chi connectivity index (χ2n) is 4.47. The molecule has 0 radical (unpaired) electrons. The van der Waals surface area contributed by atoms with E-state index in [-0.39, 0.29) is 11.9 Å². The Morgan fingerprint density at radius 2 is 1.94 bits per heavy atom. The van der Waals surface area contributed by atoms with Crippen LogP contribution in [0.25, 0.3) is 0 Å². The first kappa shape index (κ1) is 12.7. The second kappa shape index (κ2) is 5.74. The van der Waals surface area contributed by atoms with Gasteiger partial charge in [0.25, 0.3) is 0 Å². The summed E-state index contributed by atoms with van der Waals surface area (Å²) in [7, 11) is 0. The van der Waals surface area contributed by atoms with Crippen molar-refractivity contribution >= 4 is 0 Å². The fourth-order valence-corrected chi connectivity index (χ4v) is 1.86. The largest absolute Gasteiger partial charge is 0.306 e. The van der Waals surface area contributed by atoms with E-state index >= 15 is 0 Å². The molecule has 0 saturated carbocycles. The maximum atomic E-state index is 13.1. The number of pyridine rings is 1. The molecule has 0 fully saturated rings. The molecule has 1 aromatic heterocycles. The Morgan fingerprint density at radius 1 is 1.22 bits per heavy atom. The number of hydrogen-bond acceptors (Lipinski definition) is 2. The van der Waals surface area contributed by atoms with E-state index in [1.165, 1.54) is 11.6 Å². The van der Waals surface area contributed by atoms with Gasteiger partial charge in [0, 0.05) is 25.0 Å². The first-order valence-corrected chi connectivity index (χ1v) is 6.05. The van der Waals surface area contributed by atoms with Crippen molar-refractivity contribution in [3.05, 3.63) is 65.2 Å². The lowest BCUT2D eigenvalue weighted by Gasteiger charge is -2.14. The molecule has 0 unspecified atom stereocenters. The highest BCUT2D eigenvalue weighted by atomic mass is 19.1. The van der Waals surface area contributed by atoms with Crippen LogP contribution < -0.4 is 5.32 Å². The quantitative estimate of drug-likeness (QED) is 0.891. The molecule has 1 heterocycles. The van der Waals surface area contributed by atoms with Crippen molar-refractivity contribution in [1.29, 1.82) is 0 Å². The summed E-state index contributed by atoms with van der Waals surface area (Å²) in [6, 6.07) is 9.44. The zero-order chi connectivity index (χ0) is 13.0. The summed E-state index contributed by atoms with van der Waals surface area (Å²) in [5.74, 6) is -0.152. The van der Waals surface area contributed by atoms with E-state index < -0.39 is 0 Å². The molecule has 1 aromatic carbocycles. The molecule has 0 aliphatic rings. The number of aromatic nitrogens is 1. The summed E-state index contributed by atoms with van der Waals surface area (Å²) >= 11 is 0. The number of halogens is 1. The van der Waals surface area contributed by atoms with Gasteiger partial charge in [0.05, 0.1) is 0 Å². The van der Waals surface area contributed by atoms with Crippen molar-refractivity contribution in [2.45, 2.75) is 26.4 Å². The molecule has 1 atom stereocenters. The number of benzene rings is 1. The van der Waals surface area contributed by atoms with Crippen LogP contribution in [0.2, 0.25) is 0 Å². The summed E-state index contributed by atoms with van der Waals surface area (Å²) in [5.41, 5.74) is 2.98. The Balaban J connectivity index is 1.97. The van der Waals surface area contributed by atoms with Crippen LogP contribution in [0.4, 0.5) is 4.39 Å². The van der Waals surface area contributed by atoms with Crippen molar-refractivity contribution < 1.29 is 4.39 Å². The van der Waals surface area contributed by atoms with Gasteiger partial charge in [-0.1, -0.05) is 12.1 Å². The van der Waals surface area contributed by atoms with Crippen LogP contribution in [-0.2, 0) is 6.54 Å². The van der Waals surface area contributed by atoms with Gasteiger partial charge in [-0.05, 0) is 48.7 Å². The molecule has 2 rings (SSSR count). The summed E-state index contributed by atoms with van der Waals surface area (Å²) in [4.78, 5) is 4.00. The molecule has 0 spiro atoms. The van der Waals surface area contributed by atoms with E-state index in [9.17, 15) is 4.39 Å². The summed E-state index contributed by atoms with van der Waals surface area (Å²) in [6.45, 7) is 4.61. The van der Waals surface area contributed by atoms with Crippen LogP contribution in [0.1, 0.15) is 29.7 Å². The van der Waals surface area contributed by atoms with Crippen LogP contribution in [-0.4, -0.2) is 4.98 Å². The number of rotatable bonds is 4. The van der Waals surface area contributed by atoms with E-state index in [1.54, 1.807) is 19.3 Å². The van der Waals surface area contributed by atoms with Gasteiger partial charge >= 0.3 is 0 Å². The average Bonchev–Trinajstić information content (AvgIpc) is 2.41. The van der Waals surface area contributed by atoms with Gasteiger partial charge in [-0.15, -0.1) is 0 Å². The van der Waals surface area contributed by atoms with Crippen LogP contribution in [0.15, 0.2) is 42.7 Å². The molecular formula is C15H17FN2. The molecule has 2 nitrogen and oxygen atoms in total. The third kappa shape index (κ3) is 3.14. The highest BCUT2D eigenvalue weighted by Crippen LogP contribution is 2.13. The van der Waals surface area contributed by atoms with Gasteiger partial charge in [-0.25, -0.2) is 4.39 Å². The Bertz CT molecular complexity index is 511. The molecule has 0 amide bonds. The normalized spacial score (nSPS) is 12.4. The second-order valence-corrected chi connectivity index (χ2v) is 4.47. The average molecular weight is 244 g/mol. The molecule has 94 valence electrons. The molecular weight excluding hydrogens is 227 g/mol. The lowest BCUT2D eigenvalue weighted by atomic mass is 10.1. The smallest absolute Gasteiger partial charge is 0.126 e. The van der Waals surface area contributed by atoms with E-state index in [0.29, 0.717) is 5.56 Å². The van der Waals surface area contributed by atoms with Gasteiger partial charge in [0.15, 0.2) is 0 Å². The highest BCUT2D eigenvalue weighted by Gasteiger charge is 2.05. The van der Waals surface area contributed by atoms with E-state index in [2.05, 4.69) is 17.2 Å². The minimum Gasteiger partial charge on any atom is -0.306 e. The molecule has 18 heavy (non-hydrogen) atoms. The molecule has 3 heteroatoms. The van der Waals surface area contributed by atoms with Gasteiger partial charge in [-0.3, -0.25) is 4.98 Å². The van der Waals surface area contributed by atoms with Crippen molar-refractivity contribution in [2.75, 3.05) is 0 Å². The van der Waals surface area contributed by atoms with Crippen molar-refractivity contribution in [3.63, 3.8) is 0 Å². The number of hydrogen-bond donors (Lipinski definition) is 1. The van der Waals surface area contributed by atoms with Crippen LogP contribution >= 0.6 is 0 Å². The lowest BCUT2D eigenvalue weighted by molar-refractivity contribution is 0.571. The minimum atomic E-state index is -0.152. The molecule has 0 bridgehead atoms. The molecule has 1 N–H and O–H groups in total. The number of nitrogens with one attached hydrogen (secondary N) is 1. The van der Waals surface area contributed by atoms with Gasteiger partial charge < -0.3 is 5.32 Å². The predicted molar refractivity (Wildman–Crippen MR) is 70.6 cm³/mol. The Kier molecular flexibility index (Phi) is 4.05. The molecule has 0 aliphatic carbocycles. The number of aryl methyl sites for hydroxylation is 1. The fourth-order valence-electron chi connectivity index (χ4n) is 1.86. The number of nitrogens with zero attached hydrogens (tertiary/aromatic N) is 1. The maximum Gasteiger partial charge on any atom is 0.126 e. The minimum absolute atomic E-state index is 0.152. The predicted octanol–water partition coefficient (Wildman–Crippen LogP) is 3.38. The molecule has 0 aliphatic heterocycles. The monoisotopic (exact) mass is 244 g/mol. The third-order valence-corrected chi connectivity index (χ3v) is 3.04. The zero-order valence-corrected chi connectivity index (χ0v) is 10.7. The zero-order valence-electron chi connectivity index (χ0n) is 10.7. The summed E-state index contributed by atoms with van der Waals surface area (Å²) in [5, 5.41) is 3.41. The van der Waals surface area contributed by atoms with Crippen molar-refractivity contribution in [3.8, 4) is 0 Å². The summed E-state index contributed by atoms with van der Waals surface area (Å²) in [6.07, 6.45) is 3.57. The fraction of sp³-hybridized carbons (Fsp3) is 0.267. The van der Waals surface area contributed by atoms with Gasteiger partial charge in [-0.2, -0.15) is 0 Å². The van der Waals surface area contributed by atoms with E-state index in [4.69, 9.17) is 0 Å². The highest BCUT2D eigenvalue weighted by molar-refractivity contribution is 5.24. The standard InChI is InChI=1S/C15H17FN2/c1-11-9-13(3-4-15(11)16)10-18-12(2)14-5-7-17-8-6-14/h3-9,12,18H,10H2,1-2H3/t12-/m1/s1. The van der Waals surface area contributed by atoms with Crippen molar-refractivity contribution in [2.24, 2.45) is 0 Å². The Hall–Kier alpha value is -1.74. The first-order valence-electron chi connectivity index (χ1n) is 6.05. The van der Waals surface area contributed by atoms with E-state index in [1.807, 2.05) is 24.3 Å². The SMILES string of the molecule is Cc1cc(CN[C@H](C)c2ccncc2)ccc1F. The third-order valence-electron chi connectivity index (χ3n) is 3.04. The topological polar surface area (TPSA) is 24.9 Å². The summed E-state index contributed by atoms with van der Waals surface area (Å²) < 4.78 is 13.1. The van der Waals surface area contributed by atoms with E-state index in [0.717, 1.165) is 12.1 Å². The van der Waals surface area contributed by atoms with Gasteiger partial charge in [0.2, 0.25) is 0 Å². The first-order chi connectivity index (χ1) is 8.66. The molecule has 2 aromatic rings. The van der Waals surface area contributed by atoms with Crippen LogP contribution in [0, 0.1) is 12.7 Å². The van der Waals surface area contributed by atoms with Crippen LogP contribution in [0.5, 0.6) is 0 Å². The van der Waals surface area contributed by atoms with Crippen molar-refractivity contribution in [1.82, 2.24) is 10.3 Å². The lowest BCUT2D eigenvalue weighted by Crippen LogP contribution is -2.18. The molecule has 0 saturated heterocycles. The maximum absolute atomic E-state index is 13.1. The Morgan fingerprint density at radius 3 is 2.61 bits per heavy atom. The van der Waals surface area contributed by atoms with Crippen LogP contribution in [0.3, 0.4) is 0 Å². The van der Waals surface area contributed by atoms with Gasteiger partial charge in [0.1, 0.15) is 5.82 Å².